The average Bonchev–Trinajstić information content (AvgIpc) is 2.98. The second-order valence-electron chi connectivity index (χ2n) is 5.29. The molecule has 0 spiro atoms. The normalized spacial score (nSPS) is 16.2. The number of hydrogen-bond acceptors (Lipinski definition) is 2. The van der Waals surface area contributed by atoms with E-state index in [0.29, 0.717) is 0 Å². The standard InChI is InChI=1S/C14H20O2/c1-10-4-7-12(14(2,3)15)8-13(10)16-9-11-5-6-11/h4,7-8,11,15H,5-6,9H2,1-3H3. The number of hydrogen-bond donors (Lipinski definition) is 1. The maximum Gasteiger partial charge on any atom is 0.122 e. The molecule has 2 rings (SSSR count). The van der Waals surface area contributed by atoms with E-state index in [2.05, 4.69) is 0 Å². The summed E-state index contributed by atoms with van der Waals surface area (Å²) in [5.74, 6) is 1.66. The Bertz CT molecular complexity index is 373. The van der Waals surface area contributed by atoms with Crippen molar-refractivity contribution in [1.29, 1.82) is 0 Å². The highest BCUT2D eigenvalue weighted by atomic mass is 16.5. The van der Waals surface area contributed by atoms with E-state index in [-0.39, 0.29) is 0 Å². The number of aliphatic hydroxyl groups is 1. The molecule has 1 aliphatic carbocycles. The van der Waals surface area contributed by atoms with Gasteiger partial charge < -0.3 is 9.84 Å². The molecule has 0 radical (unpaired) electrons. The molecule has 1 N–H and O–H groups in total. The summed E-state index contributed by atoms with van der Waals surface area (Å²) in [4.78, 5) is 0. The predicted molar refractivity (Wildman–Crippen MR) is 64.6 cm³/mol. The third-order valence-corrected chi connectivity index (χ3v) is 3.07. The van der Waals surface area contributed by atoms with Crippen LogP contribution in [0, 0.1) is 12.8 Å². The van der Waals surface area contributed by atoms with Gasteiger partial charge in [0.2, 0.25) is 0 Å². The summed E-state index contributed by atoms with van der Waals surface area (Å²) >= 11 is 0. The Labute approximate surface area is 97.3 Å². The minimum atomic E-state index is -0.800. The molecule has 1 aromatic rings. The molecular formula is C14H20O2. The predicted octanol–water partition coefficient (Wildman–Crippen LogP) is 3.01. The molecule has 2 heteroatoms. The van der Waals surface area contributed by atoms with Crippen LogP contribution in [-0.2, 0) is 5.60 Å². The first-order chi connectivity index (χ1) is 7.47. The lowest BCUT2D eigenvalue weighted by Gasteiger charge is -2.19. The van der Waals surface area contributed by atoms with Gasteiger partial charge in [-0.25, -0.2) is 0 Å². The lowest BCUT2D eigenvalue weighted by Crippen LogP contribution is -2.15. The topological polar surface area (TPSA) is 29.5 Å². The lowest BCUT2D eigenvalue weighted by molar-refractivity contribution is 0.0782. The van der Waals surface area contributed by atoms with Crippen LogP contribution >= 0.6 is 0 Å². The molecule has 2 nitrogen and oxygen atoms in total. The summed E-state index contributed by atoms with van der Waals surface area (Å²) in [6, 6.07) is 5.92. The highest BCUT2D eigenvalue weighted by Gasteiger charge is 2.23. The van der Waals surface area contributed by atoms with Gasteiger partial charge in [0.25, 0.3) is 0 Å². The monoisotopic (exact) mass is 220 g/mol. The SMILES string of the molecule is Cc1ccc(C(C)(C)O)cc1OCC1CC1. The van der Waals surface area contributed by atoms with Crippen molar-refractivity contribution in [2.45, 2.75) is 39.2 Å². The van der Waals surface area contributed by atoms with Crippen molar-refractivity contribution in [3.8, 4) is 5.75 Å². The Hall–Kier alpha value is -1.02. The van der Waals surface area contributed by atoms with Gasteiger partial charge in [0.05, 0.1) is 12.2 Å². The highest BCUT2D eigenvalue weighted by molar-refractivity contribution is 5.38. The molecule has 1 saturated carbocycles. The summed E-state index contributed by atoms with van der Waals surface area (Å²) < 4.78 is 5.79. The smallest absolute Gasteiger partial charge is 0.122 e. The van der Waals surface area contributed by atoms with E-state index < -0.39 is 5.60 Å². The van der Waals surface area contributed by atoms with Gasteiger partial charge >= 0.3 is 0 Å². The maximum atomic E-state index is 9.94. The molecule has 1 fully saturated rings. The zero-order valence-corrected chi connectivity index (χ0v) is 10.3. The fraction of sp³-hybridized carbons (Fsp3) is 0.571. The van der Waals surface area contributed by atoms with Crippen LogP contribution in [0.1, 0.15) is 37.8 Å². The minimum Gasteiger partial charge on any atom is -0.493 e. The molecule has 0 bridgehead atoms. The first-order valence-electron chi connectivity index (χ1n) is 5.93. The van der Waals surface area contributed by atoms with Gasteiger partial charge in [-0.2, -0.15) is 0 Å². The maximum absolute atomic E-state index is 9.94. The van der Waals surface area contributed by atoms with E-state index in [9.17, 15) is 5.11 Å². The second-order valence-corrected chi connectivity index (χ2v) is 5.29. The van der Waals surface area contributed by atoms with E-state index >= 15 is 0 Å². The molecule has 1 aromatic carbocycles. The van der Waals surface area contributed by atoms with Crippen LogP contribution in [0.5, 0.6) is 5.75 Å². The van der Waals surface area contributed by atoms with Crippen molar-refractivity contribution in [2.75, 3.05) is 6.61 Å². The summed E-state index contributed by atoms with van der Waals surface area (Å²) in [5.41, 5.74) is 1.24. The van der Waals surface area contributed by atoms with Crippen molar-refractivity contribution in [3.05, 3.63) is 29.3 Å². The third kappa shape index (κ3) is 2.76. The van der Waals surface area contributed by atoms with Crippen molar-refractivity contribution >= 4 is 0 Å². The molecule has 0 unspecified atom stereocenters. The van der Waals surface area contributed by atoms with Crippen LogP contribution in [0.3, 0.4) is 0 Å². The Balaban J connectivity index is 2.14. The van der Waals surface area contributed by atoms with Gasteiger partial charge in [-0.05, 0) is 56.7 Å². The van der Waals surface area contributed by atoms with Crippen LogP contribution < -0.4 is 4.74 Å². The van der Waals surface area contributed by atoms with E-state index in [4.69, 9.17) is 4.74 Å². The molecule has 0 aliphatic heterocycles. The van der Waals surface area contributed by atoms with Gasteiger partial charge in [0.1, 0.15) is 5.75 Å². The summed E-state index contributed by atoms with van der Waals surface area (Å²) in [6.45, 7) is 6.44. The molecule has 0 heterocycles. The fourth-order valence-electron chi connectivity index (χ4n) is 1.63. The minimum absolute atomic E-state index is 0.755. The van der Waals surface area contributed by atoms with Crippen LogP contribution in [-0.4, -0.2) is 11.7 Å². The van der Waals surface area contributed by atoms with E-state index in [1.54, 1.807) is 13.8 Å². The van der Waals surface area contributed by atoms with Crippen molar-refractivity contribution < 1.29 is 9.84 Å². The molecule has 1 aliphatic rings. The van der Waals surface area contributed by atoms with E-state index in [1.165, 1.54) is 12.8 Å². The molecular weight excluding hydrogens is 200 g/mol. The number of rotatable bonds is 4. The fourth-order valence-corrected chi connectivity index (χ4v) is 1.63. The Morgan fingerprint density at radius 2 is 2.06 bits per heavy atom. The van der Waals surface area contributed by atoms with Gasteiger partial charge in [-0.1, -0.05) is 12.1 Å². The Morgan fingerprint density at radius 3 is 2.62 bits per heavy atom. The molecule has 0 atom stereocenters. The zero-order valence-electron chi connectivity index (χ0n) is 10.3. The van der Waals surface area contributed by atoms with Crippen LogP contribution in [0.25, 0.3) is 0 Å². The van der Waals surface area contributed by atoms with Gasteiger partial charge in [-0.15, -0.1) is 0 Å². The largest absolute Gasteiger partial charge is 0.493 e. The molecule has 0 amide bonds. The number of benzene rings is 1. The van der Waals surface area contributed by atoms with Crippen molar-refractivity contribution in [2.24, 2.45) is 5.92 Å². The van der Waals surface area contributed by atoms with E-state index in [1.807, 2.05) is 25.1 Å². The Morgan fingerprint density at radius 1 is 1.38 bits per heavy atom. The second kappa shape index (κ2) is 4.10. The van der Waals surface area contributed by atoms with Crippen LogP contribution in [0.15, 0.2) is 18.2 Å². The Kier molecular flexibility index (Phi) is 2.94. The summed E-state index contributed by atoms with van der Waals surface area (Å²) in [7, 11) is 0. The molecule has 88 valence electrons. The molecule has 0 saturated heterocycles. The first kappa shape index (κ1) is 11.5. The quantitative estimate of drug-likeness (QED) is 0.845. The van der Waals surface area contributed by atoms with Gasteiger partial charge in [0, 0.05) is 0 Å². The van der Waals surface area contributed by atoms with Crippen molar-refractivity contribution in [1.82, 2.24) is 0 Å². The first-order valence-corrected chi connectivity index (χ1v) is 5.93. The summed E-state index contributed by atoms with van der Waals surface area (Å²) in [5, 5.41) is 9.94. The van der Waals surface area contributed by atoms with Gasteiger partial charge in [0.15, 0.2) is 0 Å². The van der Waals surface area contributed by atoms with Gasteiger partial charge in [-0.3, -0.25) is 0 Å². The van der Waals surface area contributed by atoms with Crippen molar-refractivity contribution in [3.63, 3.8) is 0 Å². The van der Waals surface area contributed by atoms with Crippen LogP contribution in [0.2, 0.25) is 0 Å². The molecule has 16 heavy (non-hydrogen) atoms. The molecule has 0 aromatic heterocycles. The zero-order chi connectivity index (χ0) is 11.8. The number of ether oxygens (including phenoxy) is 1. The highest BCUT2D eigenvalue weighted by Crippen LogP contribution is 2.31. The third-order valence-electron chi connectivity index (χ3n) is 3.07. The lowest BCUT2D eigenvalue weighted by atomic mass is 9.97. The number of aryl methyl sites for hydroxylation is 1. The van der Waals surface area contributed by atoms with Crippen LogP contribution in [0.4, 0.5) is 0 Å². The summed E-state index contributed by atoms with van der Waals surface area (Å²) in [6.07, 6.45) is 2.59. The van der Waals surface area contributed by atoms with E-state index in [0.717, 1.165) is 29.4 Å². The average molecular weight is 220 g/mol.